The smallest absolute Gasteiger partial charge is 0.255 e. The molecule has 1 aromatic carbocycles. The number of carbonyl (C=O) groups is 1. The second-order valence-electron chi connectivity index (χ2n) is 5.13. The average molecular weight is 287 g/mol. The Morgan fingerprint density at radius 3 is 2.76 bits per heavy atom. The van der Waals surface area contributed by atoms with Gasteiger partial charge in [-0.05, 0) is 24.3 Å². The number of rotatable bonds is 5. The van der Waals surface area contributed by atoms with Crippen molar-refractivity contribution in [1.29, 1.82) is 0 Å². The average Bonchev–Trinajstić information content (AvgIpc) is 2.84. The molecule has 0 aliphatic rings. The zero-order valence-corrected chi connectivity index (χ0v) is 12.6. The number of anilines is 2. The summed E-state index contributed by atoms with van der Waals surface area (Å²) in [6.45, 7) is 0.705. The number of carbonyl (C=O) groups excluding carboxylic acids is 1. The van der Waals surface area contributed by atoms with Gasteiger partial charge in [0, 0.05) is 57.4 Å². The standard InChI is InChI=1S/C15H21N5O/c1-19(2)15(21)13-5-4-11(16)10-14(13)17-8-6-12-7-9-18-20(12)3/h4-5,7,9-10,17H,6,8,16H2,1-3H3. The number of aromatic nitrogens is 2. The van der Waals surface area contributed by atoms with Crippen LogP contribution in [0.4, 0.5) is 11.4 Å². The minimum absolute atomic E-state index is 0.0435. The quantitative estimate of drug-likeness (QED) is 0.814. The van der Waals surface area contributed by atoms with Gasteiger partial charge in [0.15, 0.2) is 0 Å². The van der Waals surface area contributed by atoms with Crippen molar-refractivity contribution >= 4 is 17.3 Å². The number of nitrogen functional groups attached to an aromatic ring is 1. The minimum Gasteiger partial charge on any atom is -0.399 e. The van der Waals surface area contributed by atoms with Gasteiger partial charge in [-0.3, -0.25) is 9.48 Å². The number of amides is 1. The second kappa shape index (κ2) is 6.30. The molecule has 112 valence electrons. The molecule has 2 rings (SSSR count). The molecule has 1 aromatic heterocycles. The summed E-state index contributed by atoms with van der Waals surface area (Å²) in [5.74, 6) is -0.0435. The normalized spacial score (nSPS) is 10.4. The first-order chi connectivity index (χ1) is 9.99. The van der Waals surface area contributed by atoms with E-state index in [1.807, 2.05) is 17.8 Å². The predicted octanol–water partition coefficient (Wildman–Crippen LogP) is 1.36. The number of aryl methyl sites for hydroxylation is 1. The lowest BCUT2D eigenvalue weighted by atomic mass is 10.1. The summed E-state index contributed by atoms with van der Waals surface area (Å²) in [5, 5.41) is 7.42. The van der Waals surface area contributed by atoms with E-state index in [2.05, 4.69) is 10.4 Å². The number of nitrogens with one attached hydrogen (secondary N) is 1. The maximum atomic E-state index is 12.2. The molecule has 0 radical (unpaired) electrons. The van der Waals surface area contributed by atoms with Crippen molar-refractivity contribution in [2.75, 3.05) is 31.7 Å². The van der Waals surface area contributed by atoms with Crippen molar-refractivity contribution in [2.45, 2.75) is 6.42 Å². The molecule has 3 N–H and O–H groups in total. The van der Waals surface area contributed by atoms with Gasteiger partial charge in [0.2, 0.25) is 0 Å². The number of nitrogens with two attached hydrogens (primary N) is 1. The van der Waals surface area contributed by atoms with Crippen molar-refractivity contribution in [3.63, 3.8) is 0 Å². The van der Waals surface area contributed by atoms with Crippen molar-refractivity contribution < 1.29 is 4.79 Å². The van der Waals surface area contributed by atoms with Crippen LogP contribution in [0.1, 0.15) is 16.1 Å². The van der Waals surface area contributed by atoms with Gasteiger partial charge in [-0.25, -0.2) is 0 Å². The lowest BCUT2D eigenvalue weighted by Gasteiger charge is -2.16. The first-order valence-electron chi connectivity index (χ1n) is 6.81. The Kier molecular flexibility index (Phi) is 4.47. The highest BCUT2D eigenvalue weighted by Gasteiger charge is 2.13. The zero-order chi connectivity index (χ0) is 15.4. The Bertz CT molecular complexity index is 633. The summed E-state index contributed by atoms with van der Waals surface area (Å²) >= 11 is 0. The third-order valence-corrected chi connectivity index (χ3v) is 3.30. The maximum absolute atomic E-state index is 12.2. The third kappa shape index (κ3) is 3.53. The predicted molar refractivity (Wildman–Crippen MR) is 84.3 cm³/mol. The van der Waals surface area contributed by atoms with Crippen molar-refractivity contribution in [3.8, 4) is 0 Å². The van der Waals surface area contributed by atoms with Gasteiger partial charge < -0.3 is 16.0 Å². The van der Waals surface area contributed by atoms with Crippen LogP contribution in [-0.4, -0.2) is 41.2 Å². The molecule has 0 bridgehead atoms. The molecule has 21 heavy (non-hydrogen) atoms. The molecule has 0 spiro atoms. The van der Waals surface area contributed by atoms with E-state index in [0.29, 0.717) is 17.8 Å². The summed E-state index contributed by atoms with van der Waals surface area (Å²) in [7, 11) is 5.38. The highest BCUT2D eigenvalue weighted by Crippen LogP contribution is 2.20. The molecule has 0 atom stereocenters. The number of hydrogen-bond donors (Lipinski definition) is 2. The van der Waals surface area contributed by atoms with Gasteiger partial charge >= 0.3 is 0 Å². The van der Waals surface area contributed by atoms with E-state index in [-0.39, 0.29) is 5.91 Å². The topological polar surface area (TPSA) is 76.2 Å². The van der Waals surface area contributed by atoms with Crippen molar-refractivity contribution in [2.24, 2.45) is 7.05 Å². The number of hydrogen-bond acceptors (Lipinski definition) is 4. The van der Waals surface area contributed by atoms with E-state index in [1.54, 1.807) is 43.4 Å². The Balaban J connectivity index is 2.10. The molecule has 0 aliphatic heterocycles. The van der Waals surface area contributed by atoms with Gasteiger partial charge in [0.25, 0.3) is 5.91 Å². The first kappa shape index (κ1) is 14.9. The first-order valence-corrected chi connectivity index (χ1v) is 6.81. The number of nitrogens with zero attached hydrogens (tertiary/aromatic N) is 3. The fourth-order valence-electron chi connectivity index (χ4n) is 2.11. The van der Waals surface area contributed by atoms with E-state index in [0.717, 1.165) is 17.8 Å². The highest BCUT2D eigenvalue weighted by molar-refractivity contribution is 5.99. The summed E-state index contributed by atoms with van der Waals surface area (Å²) in [5.41, 5.74) is 8.96. The Hall–Kier alpha value is -2.50. The van der Waals surface area contributed by atoms with Gasteiger partial charge in [0.05, 0.1) is 5.56 Å². The Morgan fingerprint density at radius 2 is 2.14 bits per heavy atom. The highest BCUT2D eigenvalue weighted by atomic mass is 16.2. The van der Waals surface area contributed by atoms with Crippen LogP contribution in [0.5, 0.6) is 0 Å². The van der Waals surface area contributed by atoms with E-state index < -0.39 is 0 Å². The molecular formula is C15H21N5O. The maximum Gasteiger partial charge on any atom is 0.255 e. The van der Waals surface area contributed by atoms with E-state index in [1.165, 1.54) is 0 Å². The molecule has 0 fully saturated rings. The minimum atomic E-state index is -0.0435. The van der Waals surface area contributed by atoms with Crippen LogP contribution < -0.4 is 11.1 Å². The molecule has 0 unspecified atom stereocenters. The van der Waals surface area contributed by atoms with Crippen LogP contribution in [-0.2, 0) is 13.5 Å². The van der Waals surface area contributed by atoms with E-state index >= 15 is 0 Å². The van der Waals surface area contributed by atoms with Crippen LogP contribution in [0.2, 0.25) is 0 Å². The molecule has 0 saturated carbocycles. The van der Waals surface area contributed by atoms with Crippen molar-refractivity contribution in [3.05, 3.63) is 41.7 Å². The molecule has 2 aromatic rings. The van der Waals surface area contributed by atoms with E-state index in [4.69, 9.17) is 5.73 Å². The van der Waals surface area contributed by atoms with Gasteiger partial charge in [-0.1, -0.05) is 0 Å². The third-order valence-electron chi connectivity index (χ3n) is 3.30. The summed E-state index contributed by atoms with van der Waals surface area (Å²) in [6.07, 6.45) is 2.59. The van der Waals surface area contributed by atoms with Crippen LogP contribution in [0.15, 0.2) is 30.5 Å². The molecule has 1 heterocycles. The molecule has 0 saturated heterocycles. The Labute approximate surface area is 124 Å². The summed E-state index contributed by atoms with van der Waals surface area (Å²) in [4.78, 5) is 13.7. The fourth-order valence-corrected chi connectivity index (χ4v) is 2.11. The lowest BCUT2D eigenvalue weighted by Crippen LogP contribution is -2.23. The summed E-state index contributed by atoms with van der Waals surface area (Å²) < 4.78 is 1.84. The second-order valence-corrected chi connectivity index (χ2v) is 5.13. The lowest BCUT2D eigenvalue weighted by molar-refractivity contribution is 0.0828. The molecule has 6 heteroatoms. The van der Waals surface area contributed by atoms with Crippen LogP contribution in [0.25, 0.3) is 0 Å². The SMILES string of the molecule is CN(C)C(=O)c1ccc(N)cc1NCCc1ccnn1C. The molecule has 1 amide bonds. The largest absolute Gasteiger partial charge is 0.399 e. The van der Waals surface area contributed by atoms with Gasteiger partial charge in [0.1, 0.15) is 0 Å². The summed E-state index contributed by atoms with van der Waals surface area (Å²) in [6, 6.07) is 7.26. The van der Waals surface area contributed by atoms with Crippen LogP contribution in [0.3, 0.4) is 0 Å². The Morgan fingerprint density at radius 1 is 1.38 bits per heavy atom. The monoisotopic (exact) mass is 287 g/mol. The molecule has 0 aliphatic carbocycles. The van der Waals surface area contributed by atoms with Crippen LogP contribution in [0, 0.1) is 0 Å². The van der Waals surface area contributed by atoms with Crippen molar-refractivity contribution in [1.82, 2.24) is 14.7 Å². The molecule has 6 nitrogen and oxygen atoms in total. The molecular weight excluding hydrogens is 266 g/mol. The van der Waals surface area contributed by atoms with Gasteiger partial charge in [-0.2, -0.15) is 5.10 Å². The van der Waals surface area contributed by atoms with E-state index in [9.17, 15) is 4.79 Å². The number of benzene rings is 1. The zero-order valence-electron chi connectivity index (χ0n) is 12.6. The fraction of sp³-hybridized carbons (Fsp3) is 0.333. The van der Waals surface area contributed by atoms with Crippen LogP contribution >= 0.6 is 0 Å². The van der Waals surface area contributed by atoms with Gasteiger partial charge in [-0.15, -0.1) is 0 Å².